The molecule has 5 nitrogen and oxygen atoms in total. The number of anilines is 1. The number of aryl methyl sites for hydroxylation is 1. The second-order valence-corrected chi connectivity index (χ2v) is 7.59. The van der Waals surface area contributed by atoms with Crippen LogP contribution in [0.2, 0.25) is 0 Å². The van der Waals surface area contributed by atoms with Crippen molar-refractivity contribution in [3.05, 3.63) is 23.8 Å². The molecule has 1 heterocycles. The van der Waals surface area contributed by atoms with Gasteiger partial charge in [-0.25, -0.2) is 8.42 Å². The zero-order chi connectivity index (χ0) is 15.0. The Bertz CT molecular complexity index is 636. The van der Waals surface area contributed by atoms with Crippen LogP contribution < -0.4 is 5.32 Å². The molecule has 0 aromatic heterocycles. The number of halogens is 1. The molecule has 0 radical (unpaired) electrons. The third-order valence-electron chi connectivity index (χ3n) is 3.39. The van der Waals surface area contributed by atoms with Crippen molar-refractivity contribution in [2.75, 3.05) is 11.9 Å². The van der Waals surface area contributed by atoms with Crippen LogP contribution in [-0.2, 0) is 18.6 Å². The van der Waals surface area contributed by atoms with Gasteiger partial charge in [0.2, 0.25) is 0 Å². The van der Waals surface area contributed by atoms with Crippen molar-refractivity contribution in [1.29, 1.82) is 0 Å². The van der Waals surface area contributed by atoms with Crippen LogP contribution in [0.5, 0.6) is 0 Å². The SMILES string of the molecule is Cc1cc(NC(=O)C2(C)CCCO2)ccc1S(=O)(=O)Cl. The van der Waals surface area contributed by atoms with E-state index in [1.54, 1.807) is 19.9 Å². The quantitative estimate of drug-likeness (QED) is 0.869. The first-order valence-corrected chi connectivity index (χ1v) is 8.54. The number of hydrogen-bond donors (Lipinski definition) is 1. The van der Waals surface area contributed by atoms with Gasteiger partial charge in [0.05, 0.1) is 4.90 Å². The first-order chi connectivity index (χ1) is 9.22. The van der Waals surface area contributed by atoms with Crippen molar-refractivity contribution in [2.45, 2.75) is 37.2 Å². The van der Waals surface area contributed by atoms with Crippen LogP contribution in [-0.4, -0.2) is 26.5 Å². The molecule has 7 heteroatoms. The molecule has 0 spiro atoms. The van der Waals surface area contributed by atoms with Crippen LogP contribution in [0.3, 0.4) is 0 Å². The number of rotatable bonds is 3. The average Bonchev–Trinajstić information content (AvgIpc) is 2.76. The first-order valence-electron chi connectivity index (χ1n) is 6.23. The van der Waals surface area contributed by atoms with Gasteiger partial charge in [-0.1, -0.05) is 0 Å². The zero-order valence-electron chi connectivity index (χ0n) is 11.3. The largest absolute Gasteiger partial charge is 0.365 e. The Morgan fingerprint density at radius 1 is 1.45 bits per heavy atom. The highest BCUT2D eigenvalue weighted by Crippen LogP contribution is 2.28. The Balaban J connectivity index is 2.19. The average molecular weight is 318 g/mol. The molecule has 0 aliphatic carbocycles. The second-order valence-electron chi connectivity index (χ2n) is 5.06. The molecular formula is C13H16ClNO4S. The van der Waals surface area contributed by atoms with E-state index in [0.717, 1.165) is 6.42 Å². The predicted molar refractivity (Wildman–Crippen MR) is 76.4 cm³/mol. The van der Waals surface area contributed by atoms with Crippen LogP contribution in [0.4, 0.5) is 5.69 Å². The lowest BCUT2D eigenvalue weighted by Crippen LogP contribution is -2.39. The monoisotopic (exact) mass is 317 g/mol. The Morgan fingerprint density at radius 2 is 2.15 bits per heavy atom. The van der Waals surface area contributed by atoms with E-state index in [2.05, 4.69) is 5.32 Å². The van der Waals surface area contributed by atoms with Crippen molar-refractivity contribution < 1.29 is 17.9 Å². The van der Waals surface area contributed by atoms with Crippen LogP contribution in [0.15, 0.2) is 23.1 Å². The van der Waals surface area contributed by atoms with Crippen molar-refractivity contribution in [3.8, 4) is 0 Å². The van der Waals surface area contributed by atoms with Crippen LogP contribution in [0.25, 0.3) is 0 Å². The molecule has 0 bridgehead atoms. The minimum absolute atomic E-state index is 0.0421. The van der Waals surface area contributed by atoms with Gasteiger partial charge in [0.25, 0.3) is 15.0 Å². The van der Waals surface area contributed by atoms with Gasteiger partial charge in [-0.3, -0.25) is 4.79 Å². The molecule has 1 unspecified atom stereocenters. The van der Waals surface area contributed by atoms with Crippen molar-refractivity contribution in [1.82, 2.24) is 0 Å². The maximum Gasteiger partial charge on any atom is 0.261 e. The van der Waals surface area contributed by atoms with E-state index in [9.17, 15) is 13.2 Å². The van der Waals surface area contributed by atoms with Gasteiger partial charge in [0.1, 0.15) is 5.60 Å². The van der Waals surface area contributed by atoms with Crippen LogP contribution in [0.1, 0.15) is 25.3 Å². The minimum Gasteiger partial charge on any atom is -0.365 e. The van der Waals surface area contributed by atoms with E-state index in [-0.39, 0.29) is 10.8 Å². The molecule has 1 aliphatic rings. The predicted octanol–water partition coefficient (Wildman–Crippen LogP) is 2.43. The molecule has 1 aromatic rings. The molecule has 0 saturated carbocycles. The molecule has 1 atom stereocenters. The van der Waals surface area contributed by atoms with Gasteiger partial charge in [0.15, 0.2) is 0 Å². The highest BCUT2D eigenvalue weighted by Gasteiger charge is 2.37. The Morgan fingerprint density at radius 3 is 2.65 bits per heavy atom. The van der Waals surface area contributed by atoms with Gasteiger partial charge >= 0.3 is 0 Å². The summed E-state index contributed by atoms with van der Waals surface area (Å²) in [5.41, 5.74) is 0.189. The summed E-state index contributed by atoms with van der Waals surface area (Å²) in [6, 6.07) is 4.47. The number of ether oxygens (including phenoxy) is 1. The number of carbonyl (C=O) groups is 1. The second kappa shape index (κ2) is 5.35. The van der Waals surface area contributed by atoms with Crippen LogP contribution >= 0.6 is 10.7 Å². The smallest absolute Gasteiger partial charge is 0.261 e. The summed E-state index contributed by atoms with van der Waals surface area (Å²) in [7, 11) is 1.54. The van der Waals surface area contributed by atoms with Gasteiger partial charge in [-0.15, -0.1) is 0 Å². The number of amides is 1. The van der Waals surface area contributed by atoms with Crippen LogP contribution in [0, 0.1) is 6.92 Å². The van der Waals surface area contributed by atoms with E-state index < -0.39 is 14.7 Å². The summed E-state index contributed by atoms with van der Waals surface area (Å²) in [5.74, 6) is -0.226. The van der Waals surface area contributed by atoms with Gasteiger partial charge in [-0.2, -0.15) is 0 Å². The Labute approximate surface area is 122 Å². The van der Waals surface area contributed by atoms with Crippen molar-refractivity contribution in [2.24, 2.45) is 0 Å². The molecule has 110 valence electrons. The van der Waals surface area contributed by atoms with E-state index in [1.165, 1.54) is 12.1 Å². The lowest BCUT2D eigenvalue weighted by Gasteiger charge is -2.22. The molecule has 1 saturated heterocycles. The lowest BCUT2D eigenvalue weighted by atomic mass is 10.0. The number of nitrogens with one attached hydrogen (secondary N) is 1. The molecule has 1 fully saturated rings. The van der Waals surface area contributed by atoms with E-state index >= 15 is 0 Å². The summed E-state index contributed by atoms with van der Waals surface area (Å²) in [4.78, 5) is 12.2. The minimum atomic E-state index is -3.77. The number of hydrogen-bond acceptors (Lipinski definition) is 4. The van der Waals surface area contributed by atoms with Gasteiger partial charge in [-0.05, 0) is 50.5 Å². The molecule has 2 rings (SSSR count). The Kier molecular flexibility index (Phi) is 4.09. The normalized spacial score (nSPS) is 22.8. The highest BCUT2D eigenvalue weighted by atomic mass is 35.7. The fourth-order valence-electron chi connectivity index (χ4n) is 2.22. The zero-order valence-corrected chi connectivity index (χ0v) is 12.8. The molecule has 1 N–H and O–H groups in total. The summed E-state index contributed by atoms with van der Waals surface area (Å²) in [6.45, 7) is 3.95. The van der Waals surface area contributed by atoms with E-state index in [1.807, 2.05) is 0 Å². The van der Waals surface area contributed by atoms with Gasteiger partial charge in [0, 0.05) is 23.0 Å². The topological polar surface area (TPSA) is 72.5 Å². The Hall–Kier alpha value is -1.11. The number of benzene rings is 1. The molecule has 1 amide bonds. The van der Waals surface area contributed by atoms with Gasteiger partial charge < -0.3 is 10.1 Å². The summed E-state index contributed by atoms with van der Waals surface area (Å²) < 4.78 is 28.1. The fourth-order valence-corrected chi connectivity index (χ4v) is 3.42. The summed E-state index contributed by atoms with van der Waals surface area (Å²) >= 11 is 0. The fraction of sp³-hybridized carbons (Fsp3) is 0.462. The summed E-state index contributed by atoms with van der Waals surface area (Å²) in [5, 5.41) is 2.74. The maximum absolute atomic E-state index is 12.1. The van der Waals surface area contributed by atoms with E-state index in [4.69, 9.17) is 15.4 Å². The summed E-state index contributed by atoms with van der Waals surface area (Å²) in [6.07, 6.45) is 1.53. The third-order valence-corrected chi connectivity index (χ3v) is 4.88. The first kappa shape index (κ1) is 15.3. The highest BCUT2D eigenvalue weighted by molar-refractivity contribution is 8.13. The third kappa shape index (κ3) is 3.13. The van der Waals surface area contributed by atoms with Crippen molar-refractivity contribution in [3.63, 3.8) is 0 Å². The van der Waals surface area contributed by atoms with Crippen molar-refractivity contribution >= 4 is 31.3 Å². The maximum atomic E-state index is 12.1. The van der Waals surface area contributed by atoms with E-state index in [0.29, 0.717) is 24.3 Å². The number of carbonyl (C=O) groups excluding carboxylic acids is 1. The molecule has 20 heavy (non-hydrogen) atoms. The molecule has 1 aromatic carbocycles. The molecular weight excluding hydrogens is 302 g/mol. The lowest BCUT2D eigenvalue weighted by molar-refractivity contribution is -0.133. The standard InChI is InChI=1S/C13H16ClNO4S/c1-9-8-10(4-5-11(9)20(14,17)18)15-12(16)13(2)6-3-7-19-13/h4-5,8H,3,6-7H2,1-2H3,(H,15,16). The molecule has 1 aliphatic heterocycles.